The normalized spacial score (nSPS) is 25.8. The zero-order valence-corrected chi connectivity index (χ0v) is 9.91. The van der Waals surface area contributed by atoms with Crippen LogP contribution in [0.3, 0.4) is 0 Å². The number of benzene rings is 1. The van der Waals surface area contributed by atoms with Crippen LogP contribution in [-0.2, 0) is 0 Å². The minimum absolute atomic E-state index is 0.208. The van der Waals surface area contributed by atoms with Gasteiger partial charge in [-0.05, 0) is 51.3 Å². The van der Waals surface area contributed by atoms with Crippen LogP contribution in [0.15, 0.2) is 18.2 Å². The maximum Gasteiger partial charge on any atom is 0.148 e. The van der Waals surface area contributed by atoms with E-state index in [0.29, 0.717) is 23.5 Å². The van der Waals surface area contributed by atoms with Gasteiger partial charge in [-0.3, -0.25) is 0 Å². The number of rotatable bonds is 1. The summed E-state index contributed by atoms with van der Waals surface area (Å²) >= 11 is 0. The van der Waals surface area contributed by atoms with Crippen molar-refractivity contribution in [3.63, 3.8) is 0 Å². The van der Waals surface area contributed by atoms with E-state index in [1.807, 2.05) is 0 Å². The van der Waals surface area contributed by atoms with Gasteiger partial charge < -0.3 is 10.6 Å². The molecule has 88 valence electrons. The molecule has 1 aromatic carbocycles. The summed E-state index contributed by atoms with van der Waals surface area (Å²) < 4.78 is 13.9. The molecule has 1 saturated heterocycles. The molecule has 2 atom stereocenters. The summed E-state index contributed by atoms with van der Waals surface area (Å²) in [5.74, 6) is -0.208. The molecule has 1 aliphatic heterocycles. The lowest BCUT2D eigenvalue weighted by Gasteiger charge is -2.41. The summed E-state index contributed by atoms with van der Waals surface area (Å²) in [4.78, 5) is 2.18. The maximum atomic E-state index is 13.9. The van der Waals surface area contributed by atoms with Crippen LogP contribution in [0.4, 0.5) is 15.8 Å². The first-order valence-corrected chi connectivity index (χ1v) is 5.93. The smallest absolute Gasteiger partial charge is 0.148 e. The molecular formula is C13H19FN2. The van der Waals surface area contributed by atoms with E-state index >= 15 is 0 Å². The second-order valence-corrected chi connectivity index (χ2v) is 4.75. The lowest BCUT2D eigenvalue weighted by molar-refractivity contribution is 0.408. The van der Waals surface area contributed by atoms with Crippen molar-refractivity contribution < 1.29 is 4.39 Å². The van der Waals surface area contributed by atoms with Crippen molar-refractivity contribution in [2.75, 3.05) is 10.6 Å². The third-order valence-corrected chi connectivity index (χ3v) is 3.44. The topological polar surface area (TPSA) is 29.3 Å². The zero-order valence-electron chi connectivity index (χ0n) is 9.91. The number of hydrogen-bond acceptors (Lipinski definition) is 2. The fourth-order valence-corrected chi connectivity index (χ4v) is 2.63. The van der Waals surface area contributed by atoms with Crippen molar-refractivity contribution >= 4 is 11.4 Å². The van der Waals surface area contributed by atoms with Crippen molar-refractivity contribution in [1.29, 1.82) is 0 Å². The zero-order chi connectivity index (χ0) is 11.7. The molecule has 1 aromatic rings. The van der Waals surface area contributed by atoms with Crippen LogP contribution in [0.25, 0.3) is 0 Å². The molecular weight excluding hydrogens is 203 g/mol. The Bertz CT molecular complexity index is 368. The van der Waals surface area contributed by atoms with Crippen molar-refractivity contribution in [3.05, 3.63) is 24.0 Å². The van der Waals surface area contributed by atoms with Gasteiger partial charge in [0, 0.05) is 17.8 Å². The van der Waals surface area contributed by atoms with Crippen molar-refractivity contribution in [3.8, 4) is 0 Å². The molecule has 0 amide bonds. The van der Waals surface area contributed by atoms with E-state index in [1.54, 1.807) is 12.1 Å². The van der Waals surface area contributed by atoms with Crippen molar-refractivity contribution in [2.45, 2.75) is 45.2 Å². The Morgan fingerprint density at radius 2 is 1.88 bits per heavy atom. The molecule has 0 spiro atoms. The van der Waals surface area contributed by atoms with Gasteiger partial charge in [-0.1, -0.05) is 0 Å². The molecule has 0 radical (unpaired) electrons. The molecule has 1 heterocycles. The predicted octanol–water partition coefficient (Wildman–Crippen LogP) is 3.18. The number of nitrogen functional groups attached to an aromatic ring is 1. The minimum Gasteiger partial charge on any atom is -0.399 e. The summed E-state index contributed by atoms with van der Waals surface area (Å²) in [6.07, 6.45) is 3.50. The van der Waals surface area contributed by atoms with Gasteiger partial charge >= 0.3 is 0 Å². The fraction of sp³-hybridized carbons (Fsp3) is 0.538. The first kappa shape index (κ1) is 11.2. The average molecular weight is 222 g/mol. The molecule has 1 fully saturated rings. The summed E-state index contributed by atoms with van der Waals surface area (Å²) in [5, 5.41) is 0. The maximum absolute atomic E-state index is 13.9. The lowest BCUT2D eigenvalue weighted by Crippen LogP contribution is -2.44. The number of piperidine rings is 1. The molecule has 2 N–H and O–H groups in total. The first-order valence-electron chi connectivity index (χ1n) is 5.93. The van der Waals surface area contributed by atoms with E-state index in [2.05, 4.69) is 18.7 Å². The molecule has 2 unspecified atom stereocenters. The second kappa shape index (κ2) is 4.32. The van der Waals surface area contributed by atoms with Crippen LogP contribution in [0.1, 0.15) is 33.1 Å². The van der Waals surface area contributed by atoms with Gasteiger partial charge in [0.05, 0.1) is 5.69 Å². The predicted molar refractivity (Wildman–Crippen MR) is 66.1 cm³/mol. The van der Waals surface area contributed by atoms with Crippen LogP contribution in [0.5, 0.6) is 0 Å². The molecule has 0 bridgehead atoms. The van der Waals surface area contributed by atoms with E-state index < -0.39 is 0 Å². The summed E-state index contributed by atoms with van der Waals surface area (Å²) in [5.41, 5.74) is 6.74. The monoisotopic (exact) mass is 222 g/mol. The van der Waals surface area contributed by atoms with Crippen LogP contribution >= 0.6 is 0 Å². The largest absolute Gasteiger partial charge is 0.399 e. The Hall–Kier alpha value is -1.25. The molecule has 0 aliphatic carbocycles. The summed E-state index contributed by atoms with van der Waals surface area (Å²) in [7, 11) is 0. The molecule has 3 heteroatoms. The van der Waals surface area contributed by atoms with Crippen LogP contribution in [-0.4, -0.2) is 12.1 Å². The van der Waals surface area contributed by atoms with Crippen molar-refractivity contribution in [2.24, 2.45) is 0 Å². The van der Waals surface area contributed by atoms with Gasteiger partial charge in [0.25, 0.3) is 0 Å². The Morgan fingerprint density at radius 1 is 1.25 bits per heavy atom. The minimum atomic E-state index is -0.208. The number of hydrogen-bond donors (Lipinski definition) is 1. The highest BCUT2D eigenvalue weighted by molar-refractivity contribution is 5.55. The Balaban J connectivity index is 2.34. The van der Waals surface area contributed by atoms with E-state index in [-0.39, 0.29) is 5.82 Å². The molecule has 16 heavy (non-hydrogen) atoms. The molecule has 0 aromatic heterocycles. The van der Waals surface area contributed by atoms with Gasteiger partial charge in [0.15, 0.2) is 0 Å². The van der Waals surface area contributed by atoms with Gasteiger partial charge in [-0.25, -0.2) is 4.39 Å². The summed E-state index contributed by atoms with van der Waals surface area (Å²) in [6.45, 7) is 4.32. The number of nitrogens with two attached hydrogens (primary N) is 1. The summed E-state index contributed by atoms with van der Waals surface area (Å²) in [6, 6.07) is 5.78. The molecule has 1 aliphatic rings. The number of anilines is 2. The second-order valence-electron chi connectivity index (χ2n) is 4.75. The average Bonchev–Trinajstić information content (AvgIpc) is 2.20. The van der Waals surface area contributed by atoms with E-state index in [0.717, 1.165) is 12.8 Å². The van der Waals surface area contributed by atoms with Crippen LogP contribution in [0.2, 0.25) is 0 Å². The Kier molecular flexibility index (Phi) is 3.03. The number of nitrogens with zero attached hydrogens (tertiary/aromatic N) is 1. The molecule has 0 saturated carbocycles. The quantitative estimate of drug-likeness (QED) is 0.739. The fourth-order valence-electron chi connectivity index (χ4n) is 2.63. The Morgan fingerprint density at radius 3 is 2.44 bits per heavy atom. The SMILES string of the molecule is CC1CCCC(C)N1c1ccc(N)cc1F. The van der Waals surface area contributed by atoms with Crippen LogP contribution in [0, 0.1) is 5.82 Å². The molecule has 2 rings (SSSR count). The van der Waals surface area contributed by atoms with Crippen molar-refractivity contribution in [1.82, 2.24) is 0 Å². The lowest BCUT2D eigenvalue weighted by atomic mass is 9.96. The number of halogens is 1. The van der Waals surface area contributed by atoms with Gasteiger partial charge in [0.1, 0.15) is 5.82 Å². The van der Waals surface area contributed by atoms with E-state index in [4.69, 9.17) is 5.73 Å². The van der Waals surface area contributed by atoms with E-state index in [1.165, 1.54) is 12.5 Å². The van der Waals surface area contributed by atoms with Gasteiger partial charge in [0.2, 0.25) is 0 Å². The standard InChI is InChI=1S/C13H19FN2/c1-9-4-3-5-10(2)16(9)13-7-6-11(15)8-12(13)14/h6-10H,3-5,15H2,1-2H3. The highest BCUT2D eigenvalue weighted by Crippen LogP contribution is 2.31. The highest BCUT2D eigenvalue weighted by Gasteiger charge is 2.26. The van der Waals surface area contributed by atoms with Gasteiger partial charge in [-0.2, -0.15) is 0 Å². The first-order chi connectivity index (χ1) is 7.59. The van der Waals surface area contributed by atoms with Crippen LogP contribution < -0.4 is 10.6 Å². The Labute approximate surface area is 96.2 Å². The van der Waals surface area contributed by atoms with E-state index in [9.17, 15) is 4.39 Å². The molecule has 2 nitrogen and oxygen atoms in total. The third-order valence-electron chi connectivity index (χ3n) is 3.44. The highest BCUT2D eigenvalue weighted by atomic mass is 19.1. The van der Waals surface area contributed by atoms with Gasteiger partial charge in [-0.15, -0.1) is 0 Å². The third kappa shape index (κ3) is 1.99.